The van der Waals surface area contributed by atoms with Crippen LogP contribution in [-0.2, 0) is 9.53 Å². The minimum absolute atomic E-state index is 0.0948. The summed E-state index contributed by atoms with van der Waals surface area (Å²) in [5.41, 5.74) is 2.14. The van der Waals surface area contributed by atoms with E-state index in [1.807, 2.05) is 31.4 Å². The second kappa shape index (κ2) is 7.33. The molecule has 1 unspecified atom stereocenters. The lowest BCUT2D eigenvalue weighted by molar-refractivity contribution is -0.136. The summed E-state index contributed by atoms with van der Waals surface area (Å²) >= 11 is 0. The van der Waals surface area contributed by atoms with Crippen molar-refractivity contribution in [1.29, 1.82) is 0 Å². The monoisotopic (exact) mass is 360 g/mol. The largest absolute Gasteiger partial charge is 0.378 e. The van der Waals surface area contributed by atoms with Crippen LogP contribution in [0.3, 0.4) is 0 Å². The summed E-state index contributed by atoms with van der Waals surface area (Å²) in [5.74, 6) is 0.957. The quantitative estimate of drug-likeness (QED) is 0.889. The van der Waals surface area contributed by atoms with Crippen molar-refractivity contribution in [2.45, 2.75) is 33.7 Å². The number of aromatic nitrogens is 2. The van der Waals surface area contributed by atoms with Gasteiger partial charge in [0, 0.05) is 30.5 Å². The highest BCUT2D eigenvalue weighted by Gasteiger charge is 2.26. The Morgan fingerprint density at radius 1 is 1.19 bits per heavy atom. The van der Waals surface area contributed by atoms with E-state index in [-0.39, 0.29) is 11.8 Å². The molecule has 1 aliphatic heterocycles. The number of aryl methyl sites for hydroxylation is 2. The van der Waals surface area contributed by atoms with Crippen molar-refractivity contribution in [3.05, 3.63) is 34.8 Å². The predicted molar refractivity (Wildman–Crippen MR) is 94.4 cm³/mol. The van der Waals surface area contributed by atoms with Crippen LogP contribution in [0, 0.1) is 20.8 Å². The fourth-order valence-corrected chi connectivity index (χ4v) is 3.20. The van der Waals surface area contributed by atoms with E-state index < -0.39 is 6.04 Å². The molecule has 8 heteroatoms. The molecule has 2 aromatic rings. The van der Waals surface area contributed by atoms with E-state index >= 15 is 0 Å². The first kappa shape index (κ1) is 18.2. The Bertz CT molecular complexity index is 817. The first-order valence-corrected chi connectivity index (χ1v) is 8.68. The summed E-state index contributed by atoms with van der Waals surface area (Å²) in [7, 11) is 0. The van der Waals surface area contributed by atoms with Crippen LogP contribution < -0.4 is 5.32 Å². The van der Waals surface area contributed by atoms with E-state index in [0.717, 1.165) is 11.4 Å². The molecule has 8 nitrogen and oxygen atoms in total. The number of nitrogens with one attached hydrogen (secondary N) is 1. The standard InChI is InChI=1S/C18H24N4O4/c1-11-9-15(14(4)22(11)16-10-12(2)26-20-16)17(23)19-13(3)18(24)21-5-7-25-8-6-21/h9-10,13H,5-8H2,1-4H3,(H,19,23). The molecule has 1 fully saturated rings. The molecule has 0 saturated carbocycles. The van der Waals surface area contributed by atoms with E-state index in [4.69, 9.17) is 9.26 Å². The Kier molecular flexibility index (Phi) is 5.13. The summed E-state index contributed by atoms with van der Waals surface area (Å²) in [6.07, 6.45) is 0. The van der Waals surface area contributed by atoms with Gasteiger partial charge in [-0.1, -0.05) is 5.16 Å². The van der Waals surface area contributed by atoms with E-state index in [9.17, 15) is 9.59 Å². The smallest absolute Gasteiger partial charge is 0.253 e. The van der Waals surface area contributed by atoms with Crippen LogP contribution in [0.5, 0.6) is 0 Å². The van der Waals surface area contributed by atoms with Crippen molar-refractivity contribution < 1.29 is 18.8 Å². The van der Waals surface area contributed by atoms with E-state index in [1.165, 1.54) is 0 Å². The zero-order chi connectivity index (χ0) is 18.8. The molecule has 26 heavy (non-hydrogen) atoms. The molecule has 3 heterocycles. The van der Waals surface area contributed by atoms with Crippen LogP contribution in [-0.4, -0.2) is 58.8 Å². The van der Waals surface area contributed by atoms with Gasteiger partial charge in [-0.05, 0) is 33.8 Å². The van der Waals surface area contributed by atoms with Gasteiger partial charge in [-0.15, -0.1) is 0 Å². The van der Waals surface area contributed by atoms with Gasteiger partial charge in [0.05, 0.1) is 18.8 Å². The maximum absolute atomic E-state index is 12.7. The third-order valence-corrected chi connectivity index (χ3v) is 4.56. The predicted octanol–water partition coefficient (Wildman–Crippen LogP) is 1.37. The second-order valence-electron chi connectivity index (χ2n) is 6.55. The minimum Gasteiger partial charge on any atom is -0.378 e. The number of carbonyl (C=O) groups excluding carboxylic acids is 2. The Labute approximate surface area is 152 Å². The fraction of sp³-hybridized carbons (Fsp3) is 0.500. The van der Waals surface area contributed by atoms with Crippen LogP contribution >= 0.6 is 0 Å². The number of rotatable bonds is 4. The number of amides is 2. The van der Waals surface area contributed by atoms with Crippen molar-refractivity contribution in [3.63, 3.8) is 0 Å². The number of ether oxygens (including phenoxy) is 1. The molecule has 0 aliphatic carbocycles. The lowest BCUT2D eigenvalue weighted by Crippen LogP contribution is -2.50. The van der Waals surface area contributed by atoms with Gasteiger partial charge in [0.2, 0.25) is 5.91 Å². The summed E-state index contributed by atoms with van der Waals surface area (Å²) < 4.78 is 12.2. The lowest BCUT2D eigenvalue weighted by atomic mass is 10.2. The Balaban J connectivity index is 1.75. The van der Waals surface area contributed by atoms with E-state index in [1.54, 1.807) is 17.9 Å². The number of hydrogen-bond donors (Lipinski definition) is 1. The maximum Gasteiger partial charge on any atom is 0.253 e. The third-order valence-electron chi connectivity index (χ3n) is 4.56. The molecule has 3 rings (SSSR count). The first-order chi connectivity index (χ1) is 12.4. The van der Waals surface area contributed by atoms with Gasteiger partial charge in [-0.25, -0.2) is 0 Å². The van der Waals surface area contributed by atoms with Crippen molar-refractivity contribution in [3.8, 4) is 5.82 Å². The lowest BCUT2D eigenvalue weighted by Gasteiger charge is -2.29. The average molecular weight is 360 g/mol. The molecule has 1 N–H and O–H groups in total. The molecule has 1 saturated heterocycles. The highest BCUT2D eigenvalue weighted by molar-refractivity contribution is 5.98. The topological polar surface area (TPSA) is 89.6 Å². The molecule has 0 spiro atoms. The zero-order valence-electron chi connectivity index (χ0n) is 15.5. The third kappa shape index (κ3) is 3.50. The number of morpholine rings is 1. The van der Waals surface area contributed by atoms with Gasteiger partial charge in [-0.2, -0.15) is 0 Å². The molecular weight excluding hydrogens is 336 g/mol. The van der Waals surface area contributed by atoms with Crippen LogP contribution in [0.2, 0.25) is 0 Å². The molecular formula is C18H24N4O4. The average Bonchev–Trinajstić information content (AvgIpc) is 3.17. The van der Waals surface area contributed by atoms with Crippen LogP contribution in [0.25, 0.3) is 5.82 Å². The van der Waals surface area contributed by atoms with Crippen LogP contribution in [0.15, 0.2) is 16.7 Å². The van der Waals surface area contributed by atoms with Gasteiger partial charge in [0.1, 0.15) is 11.8 Å². The van der Waals surface area contributed by atoms with Gasteiger partial charge >= 0.3 is 0 Å². The van der Waals surface area contributed by atoms with Crippen molar-refractivity contribution in [2.24, 2.45) is 0 Å². The van der Waals surface area contributed by atoms with Crippen molar-refractivity contribution >= 4 is 11.8 Å². The van der Waals surface area contributed by atoms with Gasteiger partial charge < -0.3 is 19.5 Å². The summed E-state index contributed by atoms with van der Waals surface area (Å²) in [5, 5.41) is 6.82. The summed E-state index contributed by atoms with van der Waals surface area (Å²) in [6, 6.07) is 3.00. The highest BCUT2D eigenvalue weighted by atomic mass is 16.5. The number of nitrogens with zero attached hydrogens (tertiary/aromatic N) is 3. The normalized spacial score (nSPS) is 15.8. The highest BCUT2D eigenvalue weighted by Crippen LogP contribution is 2.20. The van der Waals surface area contributed by atoms with E-state index in [2.05, 4.69) is 10.5 Å². The Hall–Kier alpha value is -2.61. The molecule has 0 radical (unpaired) electrons. The van der Waals surface area contributed by atoms with Gasteiger partial charge in [-0.3, -0.25) is 14.2 Å². The minimum atomic E-state index is -0.599. The van der Waals surface area contributed by atoms with Gasteiger partial charge in [0.25, 0.3) is 5.91 Å². The van der Waals surface area contributed by atoms with Gasteiger partial charge in [0.15, 0.2) is 5.82 Å². The molecule has 0 aromatic carbocycles. The SMILES string of the molecule is Cc1cc(-n2c(C)cc(C(=O)NC(C)C(=O)N3CCOCC3)c2C)no1. The first-order valence-electron chi connectivity index (χ1n) is 8.68. The Morgan fingerprint density at radius 2 is 1.88 bits per heavy atom. The summed E-state index contributed by atoms with van der Waals surface area (Å²) in [4.78, 5) is 26.9. The molecule has 2 amide bonds. The van der Waals surface area contributed by atoms with E-state index in [0.29, 0.717) is 43.4 Å². The molecule has 2 aromatic heterocycles. The van der Waals surface area contributed by atoms with Crippen LogP contribution in [0.1, 0.15) is 34.4 Å². The van der Waals surface area contributed by atoms with Crippen molar-refractivity contribution in [2.75, 3.05) is 26.3 Å². The summed E-state index contributed by atoms with van der Waals surface area (Å²) in [6.45, 7) is 9.44. The molecule has 0 bridgehead atoms. The zero-order valence-corrected chi connectivity index (χ0v) is 15.5. The van der Waals surface area contributed by atoms with Crippen molar-refractivity contribution in [1.82, 2.24) is 19.9 Å². The van der Waals surface area contributed by atoms with Crippen LogP contribution in [0.4, 0.5) is 0 Å². The Morgan fingerprint density at radius 3 is 2.50 bits per heavy atom. The molecule has 1 atom stereocenters. The maximum atomic E-state index is 12.7. The fourth-order valence-electron chi connectivity index (χ4n) is 3.20. The second-order valence-corrected chi connectivity index (χ2v) is 6.55. The molecule has 140 valence electrons. The number of hydrogen-bond acceptors (Lipinski definition) is 5. The molecule has 1 aliphatic rings. The number of carbonyl (C=O) groups is 2.